The zero-order valence-electron chi connectivity index (χ0n) is 8.85. The maximum Gasteiger partial charge on any atom is 0.106 e. The van der Waals surface area contributed by atoms with Gasteiger partial charge in [0.25, 0.3) is 0 Å². The summed E-state index contributed by atoms with van der Waals surface area (Å²) in [5, 5.41) is 10.6. The molecule has 0 amide bonds. The van der Waals surface area contributed by atoms with E-state index < -0.39 is 6.10 Å². The number of aliphatic hydroxyl groups is 1. The van der Waals surface area contributed by atoms with Gasteiger partial charge in [-0.2, -0.15) is 0 Å². The van der Waals surface area contributed by atoms with E-state index in [1.807, 2.05) is 6.92 Å². The Hall–Kier alpha value is -1.32. The quantitative estimate of drug-likeness (QED) is 0.893. The van der Waals surface area contributed by atoms with Crippen molar-refractivity contribution in [2.24, 2.45) is 0 Å². The summed E-state index contributed by atoms with van der Waals surface area (Å²) in [5.41, 5.74) is 1.68. The lowest BCUT2D eigenvalue weighted by Crippen LogP contribution is -2.02. The Balaban J connectivity index is 2.17. The van der Waals surface area contributed by atoms with Crippen molar-refractivity contribution < 1.29 is 9.52 Å². The number of aryl methyl sites for hydroxylation is 1. The highest BCUT2D eigenvalue weighted by atomic mass is 35.5. The number of aromatic nitrogens is 1. The maximum absolute atomic E-state index is 10.0. The number of halogens is 1. The van der Waals surface area contributed by atoms with Gasteiger partial charge in [-0.15, -0.1) is 0 Å². The fourth-order valence-electron chi connectivity index (χ4n) is 1.63. The van der Waals surface area contributed by atoms with Gasteiger partial charge in [-0.1, -0.05) is 11.6 Å². The SMILES string of the molecule is Cc1occc1C(O)Cc1ccncc1Cl. The Bertz CT molecular complexity index is 481. The summed E-state index contributed by atoms with van der Waals surface area (Å²) < 4.78 is 5.15. The summed E-state index contributed by atoms with van der Waals surface area (Å²) in [6.45, 7) is 1.83. The molecule has 2 heterocycles. The molecule has 1 unspecified atom stereocenters. The molecule has 2 aromatic rings. The Kier molecular flexibility index (Phi) is 3.27. The standard InChI is InChI=1S/C12H12ClNO2/c1-8-10(3-5-16-8)12(15)6-9-2-4-14-7-11(9)13/h2-5,7,12,15H,6H2,1H3. The zero-order valence-corrected chi connectivity index (χ0v) is 9.61. The fraction of sp³-hybridized carbons (Fsp3) is 0.250. The van der Waals surface area contributed by atoms with Gasteiger partial charge in [0, 0.05) is 24.4 Å². The number of hydrogen-bond donors (Lipinski definition) is 1. The van der Waals surface area contributed by atoms with E-state index >= 15 is 0 Å². The summed E-state index contributed by atoms with van der Waals surface area (Å²) >= 11 is 5.97. The minimum absolute atomic E-state index is 0.460. The molecule has 2 aromatic heterocycles. The van der Waals surface area contributed by atoms with Gasteiger partial charge in [-0.25, -0.2) is 0 Å². The second-order valence-electron chi connectivity index (χ2n) is 3.62. The molecule has 0 bridgehead atoms. The molecule has 0 aromatic carbocycles. The lowest BCUT2D eigenvalue weighted by Gasteiger charge is -2.10. The zero-order chi connectivity index (χ0) is 11.5. The van der Waals surface area contributed by atoms with Crippen molar-refractivity contribution >= 4 is 11.6 Å². The van der Waals surface area contributed by atoms with E-state index in [1.165, 1.54) is 0 Å². The highest BCUT2D eigenvalue weighted by Gasteiger charge is 2.14. The van der Waals surface area contributed by atoms with Crippen LogP contribution < -0.4 is 0 Å². The summed E-state index contributed by atoms with van der Waals surface area (Å²) in [7, 11) is 0. The lowest BCUT2D eigenvalue weighted by atomic mass is 10.0. The van der Waals surface area contributed by atoms with Crippen LogP contribution in [-0.4, -0.2) is 10.1 Å². The summed E-state index contributed by atoms with van der Waals surface area (Å²) in [4.78, 5) is 3.90. The molecule has 0 aliphatic heterocycles. The van der Waals surface area contributed by atoms with Crippen LogP contribution in [0.15, 0.2) is 35.2 Å². The largest absolute Gasteiger partial charge is 0.469 e. The van der Waals surface area contributed by atoms with Gasteiger partial charge >= 0.3 is 0 Å². The van der Waals surface area contributed by atoms with Crippen LogP contribution in [-0.2, 0) is 6.42 Å². The van der Waals surface area contributed by atoms with Crippen LogP contribution in [0.4, 0.5) is 0 Å². The predicted molar refractivity (Wildman–Crippen MR) is 61.4 cm³/mol. The Morgan fingerprint density at radius 3 is 2.94 bits per heavy atom. The highest BCUT2D eigenvalue weighted by Crippen LogP contribution is 2.25. The first-order valence-electron chi connectivity index (χ1n) is 4.99. The van der Waals surface area contributed by atoms with Gasteiger partial charge in [-0.05, 0) is 24.6 Å². The fourth-order valence-corrected chi connectivity index (χ4v) is 1.82. The molecule has 0 fully saturated rings. The molecule has 2 rings (SSSR count). The summed E-state index contributed by atoms with van der Waals surface area (Å²) in [6, 6.07) is 3.58. The van der Waals surface area contributed by atoms with Crippen LogP contribution in [0.25, 0.3) is 0 Å². The van der Waals surface area contributed by atoms with E-state index in [4.69, 9.17) is 16.0 Å². The van der Waals surface area contributed by atoms with Crippen molar-refractivity contribution in [1.82, 2.24) is 4.98 Å². The Labute approximate surface area is 98.7 Å². The normalized spacial score (nSPS) is 12.7. The number of nitrogens with zero attached hydrogens (tertiary/aromatic N) is 1. The van der Waals surface area contributed by atoms with Crippen LogP contribution in [0, 0.1) is 6.92 Å². The molecule has 0 saturated heterocycles. The highest BCUT2D eigenvalue weighted by molar-refractivity contribution is 6.31. The van der Waals surface area contributed by atoms with E-state index in [0.717, 1.165) is 16.9 Å². The lowest BCUT2D eigenvalue weighted by molar-refractivity contribution is 0.176. The van der Waals surface area contributed by atoms with E-state index in [0.29, 0.717) is 11.4 Å². The number of rotatable bonds is 3. The van der Waals surface area contributed by atoms with Crippen LogP contribution in [0.5, 0.6) is 0 Å². The molecule has 0 aliphatic carbocycles. The predicted octanol–water partition coefficient (Wildman–Crippen LogP) is 2.91. The van der Waals surface area contributed by atoms with E-state index in [2.05, 4.69) is 4.98 Å². The molecule has 0 spiro atoms. The third-order valence-electron chi connectivity index (χ3n) is 2.53. The molecule has 1 atom stereocenters. The van der Waals surface area contributed by atoms with Crippen molar-refractivity contribution in [3.05, 3.63) is 52.7 Å². The Morgan fingerprint density at radius 1 is 1.50 bits per heavy atom. The van der Waals surface area contributed by atoms with E-state index in [1.54, 1.807) is 30.8 Å². The van der Waals surface area contributed by atoms with E-state index in [9.17, 15) is 5.11 Å². The van der Waals surface area contributed by atoms with Crippen molar-refractivity contribution in [1.29, 1.82) is 0 Å². The van der Waals surface area contributed by atoms with Crippen molar-refractivity contribution in [3.8, 4) is 0 Å². The van der Waals surface area contributed by atoms with Crippen LogP contribution >= 0.6 is 11.6 Å². The van der Waals surface area contributed by atoms with Gasteiger partial charge in [-0.3, -0.25) is 4.98 Å². The minimum atomic E-state index is -0.598. The number of pyridine rings is 1. The molecule has 4 heteroatoms. The molecule has 1 N–H and O–H groups in total. The van der Waals surface area contributed by atoms with E-state index in [-0.39, 0.29) is 0 Å². The van der Waals surface area contributed by atoms with Gasteiger partial charge in [0.2, 0.25) is 0 Å². The average molecular weight is 238 g/mol. The first-order chi connectivity index (χ1) is 7.68. The second-order valence-corrected chi connectivity index (χ2v) is 4.03. The van der Waals surface area contributed by atoms with Crippen LogP contribution in [0.1, 0.15) is 23.0 Å². The first kappa shape index (κ1) is 11.2. The molecule has 0 aliphatic rings. The third kappa shape index (κ3) is 2.26. The maximum atomic E-state index is 10.0. The molecule has 84 valence electrons. The van der Waals surface area contributed by atoms with Crippen molar-refractivity contribution in [2.45, 2.75) is 19.4 Å². The average Bonchev–Trinajstić information content (AvgIpc) is 2.68. The van der Waals surface area contributed by atoms with Gasteiger partial charge < -0.3 is 9.52 Å². The van der Waals surface area contributed by atoms with Gasteiger partial charge in [0.05, 0.1) is 17.4 Å². The van der Waals surface area contributed by atoms with Crippen LogP contribution in [0.3, 0.4) is 0 Å². The smallest absolute Gasteiger partial charge is 0.106 e. The topological polar surface area (TPSA) is 46.3 Å². The molecular weight excluding hydrogens is 226 g/mol. The number of aliphatic hydroxyl groups excluding tert-OH is 1. The number of hydrogen-bond acceptors (Lipinski definition) is 3. The van der Waals surface area contributed by atoms with Gasteiger partial charge in [0.1, 0.15) is 5.76 Å². The second kappa shape index (κ2) is 4.68. The molecular formula is C12H12ClNO2. The summed E-state index contributed by atoms with van der Waals surface area (Å²) in [6.07, 6.45) is 4.67. The molecule has 3 nitrogen and oxygen atoms in total. The van der Waals surface area contributed by atoms with Crippen LogP contribution in [0.2, 0.25) is 5.02 Å². The molecule has 16 heavy (non-hydrogen) atoms. The molecule has 0 saturated carbocycles. The van der Waals surface area contributed by atoms with Crippen molar-refractivity contribution in [2.75, 3.05) is 0 Å². The first-order valence-corrected chi connectivity index (χ1v) is 5.36. The minimum Gasteiger partial charge on any atom is -0.469 e. The van der Waals surface area contributed by atoms with Crippen molar-refractivity contribution in [3.63, 3.8) is 0 Å². The Morgan fingerprint density at radius 2 is 2.31 bits per heavy atom. The van der Waals surface area contributed by atoms with Gasteiger partial charge in [0.15, 0.2) is 0 Å². The monoisotopic (exact) mass is 237 g/mol. The number of furan rings is 1. The molecule has 0 radical (unpaired) electrons. The summed E-state index contributed by atoms with van der Waals surface area (Å²) in [5.74, 6) is 0.734. The third-order valence-corrected chi connectivity index (χ3v) is 2.87.